The van der Waals surface area contributed by atoms with Crippen molar-refractivity contribution in [2.24, 2.45) is 0 Å². The largest absolute Gasteiger partial charge is 0.340 e. The first-order valence-corrected chi connectivity index (χ1v) is 3.91. The van der Waals surface area contributed by atoms with Crippen LogP contribution in [0.3, 0.4) is 0 Å². The number of nitrogens with zero attached hydrogens (tertiary/aromatic N) is 1. The van der Waals surface area contributed by atoms with Crippen molar-refractivity contribution in [2.75, 3.05) is 6.61 Å². The lowest BCUT2D eigenvalue weighted by molar-refractivity contribution is -0.0656. The van der Waals surface area contributed by atoms with Gasteiger partial charge in [-0.05, 0) is 13.0 Å². The highest BCUT2D eigenvalue weighted by molar-refractivity contribution is 5.34. The zero-order valence-corrected chi connectivity index (χ0v) is 7.18. The molecule has 1 aliphatic carbocycles. The van der Waals surface area contributed by atoms with E-state index in [2.05, 4.69) is 4.74 Å². The molecule has 0 spiro atoms. The van der Waals surface area contributed by atoms with Crippen LogP contribution in [0, 0.1) is 11.3 Å². The van der Waals surface area contributed by atoms with Gasteiger partial charge in [-0.15, -0.1) is 0 Å². The van der Waals surface area contributed by atoms with Gasteiger partial charge in [0.1, 0.15) is 5.83 Å². The summed E-state index contributed by atoms with van der Waals surface area (Å²) in [6.45, 7) is 1.72. The molecule has 1 rings (SSSR count). The van der Waals surface area contributed by atoms with E-state index in [-0.39, 0.29) is 18.6 Å². The third kappa shape index (κ3) is 2.36. The molecule has 0 N–H and O–H groups in total. The highest BCUT2D eigenvalue weighted by atomic mass is 19.2. The Morgan fingerprint density at radius 2 is 2.38 bits per heavy atom. The molecule has 0 heterocycles. The fourth-order valence-electron chi connectivity index (χ4n) is 1.15. The first-order valence-electron chi connectivity index (χ1n) is 3.91. The summed E-state index contributed by atoms with van der Waals surface area (Å²) in [6, 6.07) is 1.71. The number of allylic oxidation sites excluding steroid dienone is 2. The molecule has 2 nitrogen and oxygen atoms in total. The Balaban J connectivity index is 2.91. The van der Waals surface area contributed by atoms with E-state index in [1.54, 1.807) is 13.0 Å². The van der Waals surface area contributed by atoms with Gasteiger partial charge >= 0.3 is 0 Å². The van der Waals surface area contributed by atoms with Crippen LogP contribution >= 0.6 is 0 Å². The van der Waals surface area contributed by atoms with Crippen molar-refractivity contribution in [3.63, 3.8) is 0 Å². The van der Waals surface area contributed by atoms with E-state index in [0.29, 0.717) is 0 Å². The topological polar surface area (TPSA) is 33.0 Å². The number of alkyl halides is 1. The Bertz CT molecular complexity index is 303. The fourth-order valence-corrected chi connectivity index (χ4v) is 1.15. The lowest BCUT2D eigenvalue weighted by Crippen LogP contribution is -2.24. The van der Waals surface area contributed by atoms with Crippen LogP contribution in [0.1, 0.15) is 13.3 Å². The quantitative estimate of drug-likeness (QED) is 0.661. The monoisotopic (exact) mass is 185 g/mol. The lowest BCUT2D eigenvalue weighted by atomic mass is 10.0. The Morgan fingerprint density at radius 3 is 2.92 bits per heavy atom. The van der Waals surface area contributed by atoms with Gasteiger partial charge < -0.3 is 4.74 Å². The van der Waals surface area contributed by atoms with Gasteiger partial charge in [0.15, 0.2) is 0 Å². The molecule has 4 heteroatoms. The van der Waals surface area contributed by atoms with Crippen LogP contribution in [0.25, 0.3) is 0 Å². The molecular weight excluding hydrogens is 176 g/mol. The van der Waals surface area contributed by atoms with E-state index in [9.17, 15) is 8.78 Å². The molecule has 0 aliphatic heterocycles. The maximum Gasteiger partial charge on any atom is 0.251 e. The number of hydrogen-bond acceptors (Lipinski definition) is 2. The van der Waals surface area contributed by atoms with E-state index in [4.69, 9.17) is 5.26 Å². The van der Waals surface area contributed by atoms with Gasteiger partial charge in [-0.1, -0.05) is 0 Å². The molecule has 13 heavy (non-hydrogen) atoms. The van der Waals surface area contributed by atoms with Crippen LogP contribution in [-0.2, 0) is 4.74 Å². The molecule has 1 aliphatic rings. The smallest absolute Gasteiger partial charge is 0.251 e. The van der Waals surface area contributed by atoms with E-state index >= 15 is 0 Å². The zero-order valence-electron chi connectivity index (χ0n) is 7.18. The molecule has 0 saturated heterocycles. The molecule has 1 atom stereocenters. The van der Waals surface area contributed by atoms with Crippen molar-refractivity contribution in [3.8, 4) is 6.07 Å². The molecule has 0 saturated carbocycles. The number of ether oxygens (including phenoxy) is 1. The van der Waals surface area contributed by atoms with Crippen LogP contribution < -0.4 is 0 Å². The summed E-state index contributed by atoms with van der Waals surface area (Å²) < 4.78 is 30.9. The Morgan fingerprint density at radius 1 is 1.69 bits per heavy atom. The second-order valence-corrected chi connectivity index (χ2v) is 2.68. The number of hydrogen-bond donors (Lipinski definition) is 0. The average molecular weight is 185 g/mol. The van der Waals surface area contributed by atoms with Gasteiger partial charge in [-0.3, -0.25) is 0 Å². The third-order valence-electron chi connectivity index (χ3n) is 1.59. The Kier molecular flexibility index (Phi) is 2.79. The first-order chi connectivity index (χ1) is 6.09. The highest BCUT2D eigenvalue weighted by Crippen LogP contribution is 2.29. The van der Waals surface area contributed by atoms with Crippen molar-refractivity contribution in [1.29, 1.82) is 5.26 Å². The predicted molar refractivity (Wildman–Crippen MR) is 43.0 cm³/mol. The maximum atomic E-state index is 13.5. The minimum atomic E-state index is -2.25. The van der Waals surface area contributed by atoms with Crippen LogP contribution in [0.4, 0.5) is 8.78 Å². The second-order valence-electron chi connectivity index (χ2n) is 2.68. The van der Waals surface area contributed by atoms with Gasteiger partial charge in [-0.2, -0.15) is 5.26 Å². The van der Waals surface area contributed by atoms with Crippen molar-refractivity contribution < 1.29 is 13.5 Å². The van der Waals surface area contributed by atoms with Gasteiger partial charge in [0, 0.05) is 24.7 Å². The molecule has 0 aromatic rings. The van der Waals surface area contributed by atoms with Crippen molar-refractivity contribution in [2.45, 2.75) is 19.2 Å². The summed E-state index contributed by atoms with van der Waals surface area (Å²) >= 11 is 0. The van der Waals surface area contributed by atoms with E-state index in [1.807, 2.05) is 0 Å². The molecule has 0 fully saturated rings. The lowest BCUT2D eigenvalue weighted by Gasteiger charge is -2.21. The Hall–Kier alpha value is -1.21. The van der Waals surface area contributed by atoms with E-state index in [1.165, 1.54) is 0 Å². The summed E-state index contributed by atoms with van der Waals surface area (Å²) in [5.74, 6) is -2.92. The zero-order chi connectivity index (χ0) is 9.90. The van der Waals surface area contributed by atoms with Crippen LogP contribution in [-0.4, -0.2) is 12.5 Å². The summed E-state index contributed by atoms with van der Waals surface area (Å²) in [5.41, 5.74) is 0.0518. The molecule has 70 valence electrons. The van der Waals surface area contributed by atoms with Crippen LogP contribution in [0.15, 0.2) is 23.6 Å². The van der Waals surface area contributed by atoms with Gasteiger partial charge in [-0.25, -0.2) is 8.78 Å². The molecule has 0 aromatic carbocycles. The number of nitriles is 1. The van der Waals surface area contributed by atoms with Crippen molar-refractivity contribution >= 4 is 0 Å². The van der Waals surface area contributed by atoms with Crippen molar-refractivity contribution in [1.82, 2.24) is 0 Å². The Labute approximate surface area is 75.1 Å². The minimum Gasteiger partial charge on any atom is -0.340 e. The minimum absolute atomic E-state index is 0.0518. The second kappa shape index (κ2) is 3.67. The summed E-state index contributed by atoms with van der Waals surface area (Å²) in [6.07, 6.45) is 1.60. The van der Waals surface area contributed by atoms with Crippen molar-refractivity contribution in [3.05, 3.63) is 23.6 Å². The maximum absolute atomic E-state index is 13.5. The number of halogens is 2. The van der Waals surface area contributed by atoms with E-state index < -0.39 is 11.7 Å². The third-order valence-corrected chi connectivity index (χ3v) is 1.59. The first kappa shape index (κ1) is 9.87. The molecule has 0 radical (unpaired) electrons. The van der Waals surface area contributed by atoms with Crippen LogP contribution in [0.5, 0.6) is 0 Å². The molecular formula is C9H9F2NO. The average Bonchev–Trinajstić information content (AvgIpc) is 2.02. The normalized spacial score (nSPS) is 27.5. The van der Waals surface area contributed by atoms with Gasteiger partial charge in [0.2, 0.25) is 0 Å². The standard InChI is InChI=1S/C9H9F2NO/c1-2-13-9(11)4-7(6-12)3-8(10)5-9/h4-5H,2-3H2,1H3. The molecule has 1 unspecified atom stereocenters. The van der Waals surface area contributed by atoms with Crippen LogP contribution in [0.2, 0.25) is 0 Å². The van der Waals surface area contributed by atoms with E-state index in [0.717, 1.165) is 12.2 Å². The van der Waals surface area contributed by atoms with Gasteiger partial charge in [0.05, 0.1) is 6.07 Å². The highest BCUT2D eigenvalue weighted by Gasteiger charge is 2.30. The number of rotatable bonds is 2. The SMILES string of the molecule is CCOC1(F)C=C(F)CC(C#N)=C1. The predicted octanol–water partition coefficient (Wildman–Crippen LogP) is 2.40. The summed E-state index contributed by atoms with van der Waals surface area (Å²) in [4.78, 5) is 0. The molecule has 0 aromatic heterocycles. The fraction of sp³-hybridized carbons (Fsp3) is 0.444. The molecule has 0 amide bonds. The van der Waals surface area contributed by atoms with Gasteiger partial charge in [0.25, 0.3) is 5.85 Å². The summed E-state index contributed by atoms with van der Waals surface area (Å²) in [5, 5.41) is 8.47. The molecule has 0 bridgehead atoms. The summed E-state index contributed by atoms with van der Waals surface area (Å²) in [7, 11) is 0.